The molecule has 0 saturated carbocycles. The van der Waals surface area contributed by atoms with Gasteiger partial charge in [0.1, 0.15) is 90.2 Å². The largest absolute Gasteiger partial charge is 0.508 e. The fourth-order valence-electron chi connectivity index (χ4n) is 6.57. The van der Waals surface area contributed by atoms with Crippen LogP contribution >= 0.6 is 0 Å². The lowest BCUT2D eigenvalue weighted by Crippen LogP contribution is -2.64. The van der Waals surface area contributed by atoms with Gasteiger partial charge in [-0.1, -0.05) is 6.07 Å². The highest BCUT2D eigenvalue weighted by molar-refractivity contribution is 5.70. The van der Waals surface area contributed by atoms with Gasteiger partial charge in [-0.05, 0) is 18.2 Å². The van der Waals surface area contributed by atoms with Crippen molar-refractivity contribution in [1.29, 1.82) is 0 Å². The quantitative estimate of drug-likeness (QED) is 0.102. The number of methoxy groups -OCH3 is 1. The summed E-state index contributed by atoms with van der Waals surface area (Å²) in [5, 5.41) is 135. The number of aromatic hydroxyl groups is 2. The van der Waals surface area contributed by atoms with Gasteiger partial charge in [0.15, 0.2) is 30.0 Å². The molecule has 4 aliphatic rings. The van der Waals surface area contributed by atoms with Crippen LogP contribution < -0.4 is 14.2 Å². The van der Waals surface area contributed by atoms with Crippen LogP contribution in [0, 0.1) is 0 Å². The van der Waals surface area contributed by atoms with Crippen molar-refractivity contribution in [1.82, 2.24) is 0 Å². The summed E-state index contributed by atoms with van der Waals surface area (Å²) in [6.45, 7) is -2.41. The Morgan fingerprint density at radius 3 is 1.76 bits per heavy atom. The van der Waals surface area contributed by atoms with Gasteiger partial charge in [0.2, 0.25) is 12.6 Å². The van der Waals surface area contributed by atoms with Crippen LogP contribution in [-0.4, -0.2) is 185 Å². The zero-order valence-electron chi connectivity index (χ0n) is 28.9. The number of hydrogen-bond donors (Lipinski definition) is 13. The minimum Gasteiger partial charge on any atom is -0.508 e. The molecule has 21 nitrogen and oxygen atoms in total. The monoisotopic (exact) mass is 788 g/mol. The lowest BCUT2D eigenvalue weighted by molar-refractivity contribution is -0.364. The van der Waals surface area contributed by atoms with E-state index in [1.165, 1.54) is 37.5 Å². The molecule has 2 aromatic carbocycles. The highest BCUT2D eigenvalue weighted by Gasteiger charge is 2.52. The predicted molar refractivity (Wildman–Crippen MR) is 176 cm³/mol. The van der Waals surface area contributed by atoms with E-state index in [1.54, 1.807) is 0 Å². The number of aliphatic hydroxyl groups is 11. The highest BCUT2D eigenvalue weighted by Crippen LogP contribution is 2.47. The topological polar surface area (TPSA) is 337 Å². The van der Waals surface area contributed by atoms with Crippen molar-refractivity contribution in [2.24, 2.45) is 0 Å². The first-order valence-electron chi connectivity index (χ1n) is 17.1. The molecule has 16 atom stereocenters. The molecule has 6 rings (SSSR count). The molecule has 3 saturated heterocycles. The summed E-state index contributed by atoms with van der Waals surface area (Å²) in [6.07, 6.45) is -26.1. The Labute approximate surface area is 311 Å². The van der Waals surface area contributed by atoms with Gasteiger partial charge in [-0.15, -0.1) is 0 Å². The summed E-state index contributed by atoms with van der Waals surface area (Å²) in [4.78, 5) is 0. The van der Waals surface area contributed by atoms with Gasteiger partial charge >= 0.3 is 0 Å². The van der Waals surface area contributed by atoms with E-state index < -0.39 is 124 Å². The van der Waals surface area contributed by atoms with Crippen LogP contribution in [0.3, 0.4) is 0 Å². The molecule has 4 heterocycles. The second kappa shape index (κ2) is 16.9. The lowest BCUT2D eigenvalue weighted by Gasteiger charge is -2.46. The second-order valence-electron chi connectivity index (χ2n) is 13.3. The third-order valence-corrected chi connectivity index (χ3v) is 9.69. The molecule has 0 aliphatic carbocycles. The van der Waals surface area contributed by atoms with E-state index in [0.717, 1.165) is 6.07 Å². The fourth-order valence-corrected chi connectivity index (χ4v) is 6.57. The van der Waals surface area contributed by atoms with Crippen molar-refractivity contribution in [2.75, 3.05) is 26.9 Å². The van der Waals surface area contributed by atoms with Crippen LogP contribution in [0.15, 0.2) is 36.1 Å². The van der Waals surface area contributed by atoms with Gasteiger partial charge in [-0.2, -0.15) is 0 Å². The molecule has 0 amide bonds. The van der Waals surface area contributed by atoms with Gasteiger partial charge in [-0.3, -0.25) is 0 Å². The van der Waals surface area contributed by atoms with E-state index >= 15 is 0 Å². The molecule has 0 spiro atoms. The maximum Gasteiger partial charge on any atom is 0.229 e. The molecule has 306 valence electrons. The Balaban J connectivity index is 1.41. The molecule has 0 aromatic heterocycles. The summed E-state index contributed by atoms with van der Waals surface area (Å²) >= 11 is 0. The highest BCUT2D eigenvalue weighted by atomic mass is 16.8. The summed E-state index contributed by atoms with van der Waals surface area (Å²) < 4.78 is 46.2. The van der Waals surface area contributed by atoms with Crippen LogP contribution in [0.25, 0.3) is 6.08 Å². The Kier molecular flexibility index (Phi) is 12.6. The van der Waals surface area contributed by atoms with Crippen molar-refractivity contribution >= 4 is 6.08 Å². The normalized spacial score (nSPS) is 39.0. The molecule has 55 heavy (non-hydrogen) atoms. The van der Waals surface area contributed by atoms with E-state index in [2.05, 4.69) is 0 Å². The third-order valence-electron chi connectivity index (χ3n) is 9.69. The Bertz CT molecular complexity index is 1650. The first-order valence-corrected chi connectivity index (χ1v) is 17.1. The molecular formula is C34H44O21. The number of hydrogen-bond acceptors (Lipinski definition) is 21. The van der Waals surface area contributed by atoms with Crippen molar-refractivity contribution in [3.05, 3.63) is 47.2 Å². The van der Waals surface area contributed by atoms with E-state index in [9.17, 15) is 66.4 Å². The zero-order chi connectivity index (χ0) is 39.9. The molecule has 13 N–H and O–H groups in total. The third kappa shape index (κ3) is 8.00. The van der Waals surface area contributed by atoms with Crippen LogP contribution in [0.5, 0.6) is 28.7 Å². The molecule has 4 aliphatic heterocycles. The first-order chi connectivity index (χ1) is 26.2. The number of fused-ring (bicyclic) bond motifs is 1. The van der Waals surface area contributed by atoms with Crippen LogP contribution in [-0.2, 0) is 23.7 Å². The molecule has 1 unspecified atom stereocenters. The van der Waals surface area contributed by atoms with Crippen molar-refractivity contribution < 1.29 is 104 Å². The molecule has 3 fully saturated rings. The number of phenolic OH excluding ortho intramolecular Hbond substituents is 2. The van der Waals surface area contributed by atoms with E-state index in [1.807, 2.05) is 0 Å². The van der Waals surface area contributed by atoms with Gasteiger partial charge in [-0.25, -0.2) is 0 Å². The first kappa shape index (κ1) is 41.0. The zero-order valence-corrected chi connectivity index (χ0v) is 28.9. The fraction of sp³-hybridized carbons (Fsp3) is 0.588. The van der Waals surface area contributed by atoms with E-state index in [0.29, 0.717) is 0 Å². The average Bonchev–Trinajstić information content (AvgIpc) is 3.17. The maximum atomic E-state index is 11.2. The number of aliphatic hydroxyl groups excluding tert-OH is 11. The number of phenols is 2. The number of ether oxygens (including phenoxy) is 8. The lowest BCUT2D eigenvalue weighted by atomic mass is 9.97. The second-order valence-corrected chi connectivity index (χ2v) is 13.3. The molecular weight excluding hydrogens is 744 g/mol. The van der Waals surface area contributed by atoms with Crippen LogP contribution in [0.1, 0.15) is 17.2 Å². The van der Waals surface area contributed by atoms with Crippen LogP contribution in [0.4, 0.5) is 0 Å². The minimum absolute atomic E-state index is 0.00503. The number of rotatable bonds is 11. The Morgan fingerprint density at radius 1 is 0.600 bits per heavy atom. The van der Waals surface area contributed by atoms with Crippen molar-refractivity contribution in [3.8, 4) is 28.7 Å². The average molecular weight is 789 g/mol. The van der Waals surface area contributed by atoms with Gasteiger partial charge in [0.05, 0.1) is 32.5 Å². The van der Waals surface area contributed by atoms with Gasteiger partial charge in [0, 0.05) is 17.7 Å². The summed E-state index contributed by atoms with van der Waals surface area (Å²) in [5.74, 6) is -1.16. The van der Waals surface area contributed by atoms with Gasteiger partial charge < -0.3 is 104 Å². The molecule has 2 aromatic rings. The Morgan fingerprint density at radius 2 is 1.16 bits per heavy atom. The smallest absolute Gasteiger partial charge is 0.229 e. The van der Waals surface area contributed by atoms with E-state index in [4.69, 9.17) is 37.9 Å². The summed E-state index contributed by atoms with van der Waals surface area (Å²) in [7, 11) is 1.29. The molecule has 21 heteroatoms. The SMILES string of the molecule is COc1cc(C2Oc3cc(O)cc(O[C@@H]4O[C@H](CO)[C@@H](O)[C@H](O)[C@H]4O)c3C=C2O[C@@H]2O[C@H](CO)[C@@H](O)[C@H](O)[C@H]2O[C@@H]2O[C@H](CO)[C@@H](O)[C@H](O)[C@H]2O)ccc1O. The standard InChI is InChI=1S/C34H44O21/c1-48-17-4-11(2-3-14(17)39)30-18(7-13-15(49-30)5-12(38)6-16(13)50-32-28(46)25(43)22(40)19(8-35)52-32)51-34-31(27(45)24(42)21(10-37)54-34)55-33-29(47)26(44)23(41)20(9-36)53-33/h2-7,19-47H,8-10H2,1H3/t19-,20-,21-,22-,23-,24-,25+,26+,27+,28-,29-,30?,31-,32-,33+,34-/m1/s1. The Hall–Kier alpha value is -3.62. The molecule has 0 radical (unpaired) electrons. The van der Waals surface area contributed by atoms with Crippen molar-refractivity contribution in [3.63, 3.8) is 0 Å². The van der Waals surface area contributed by atoms with E-state index in [-0.39, 0.29) is 39.9 Å². The summed E-state index contributed by atoms with van der Waals surface area (Å²) in [6, 6.07) is 6.38. The maximum absolute atomic E-state index is 11.2. The van der Waals surface area contributed by atoms with Crippen molar-refractivity contribution in [2.45, 2.75) is 98.2 Å². The minimum atomic E-state index is -1.95. The van der Waals surface area contributed by atoms with Crippen LogP contribution in [0.2, 0.25) is 0 Å². The predicted octanol–water partition coefficient (Wildman–Crippen LogP) is -4.60. The molecule has 0 bridgehead atoms. The summed E-state index contributed by atoms with van der Waals surface area (Å²) in [5.41, 5.74) is 0.265. The van der Waals surface area contributed by atoms with Gasteiger partial charge in [0.25, 0.3) is 0 Å². The number of benzene rings is 2.